The van der Waals surface area contributed by atoms with E-state index in [1.54, 1.807) is 0 Å². The summed E-state index contributed by atoms with van der Waals surface area (Å²) in [6.07, 6.45) is 1.71. The van der Waals surface area contributed by atoms with Gasteiger partial charge < -0.3 is 5.32 Å². The third-order valence-electron chi connectivity index (χ3n) is 5.95. The van der Waals surface area contributed by atoms with Gasteiger partial charge in [-0.2, -0.15) is 0 Å². The van der Waals surface area contributed by atoms with Crippen molar-refractivity contribution < 1.29 is 0 Å². The summed E-state index contributed by atoms with van der Waals surface area (Å²) in [4.78, 5) is 0. The van der Waals surface area contributed by atoms with Crippen LogP contribution in [-0.4, -0.2) is 5.66 Å². The molecule has 0 spiro atoms. The Morgan fingerprint density at radius 1 is 0.677 bits per heavy atom. The van der Waals surface area contributed by atoms with Crippen LogP contribution >= 0.6 is 11.6 Å². The van der Waals surface area contributed by atoms with Crippen molar-refractivity contribution in [3.8, 4) is 0 Å². The molecule has 2 nitrogen and oxygen atoms in total. The molecule has 1 atom stereocenters. The second-order valence-corrected chi connectivity index (χ2v) is 8.69. The van der Waals surface area contributed by atoms with E-state index in [0.717, 1.165) is 23.6 Å². The van der Waals surface area contributed by atoms with Crippen molar-refractivity contribution in [3.63, 3.8) is 0 Å². The van der Waals surface area contributed by atoms with Crippen LogP contribution in [0.4, 0.5) is 5.69 Å². The van der Waals surface area contributed by atoms with Crippen LogP contribution in [0.25, 0.3) is 0 Å². The molecule has 3 heteroatoms. The van der Waals surface area contributed by atoms with Crippen LogP contribution in [0, 0.1) is 0 Å². The van der Waals surface area contributed by atoms with Crippen LogP contribution in [-0.2, 0) is 12.8 Å². The zero-order valence-corrected chi connectivity index (χ0v) is 18.0. The van der Waals surface area contributed by atoms with Crippen LogP contribution in [0.3, 0.4) is 0 Å². The molecule has 0 bridgehead atoms. The zero-order chi connectivity index (χ0) is 21.1. The molecule has 154 valence electrons. The highest BCUT2D eigenvalue weighted by Crippen LogP contribution is 2.39. The highest BCUT2D eigenvalue weighted by Gasteiger charge is 2.39. The molecule has 1 aliphatic rings. The van der Waals surface area contributed by atoms with Gasteiger partial charge in [-0.3, -0.25) is 5.32 Å². The Bertz CT molecular complexity index is 1100. The van der Waals surface area contributed by atoms with Gasteiger partial charge in [-0.05, 0) is 40.5 Å². The number of halogens is 1. The number of hydrogen-bond donors (Lipinski definition) is 2. The average molecular weight is 425 g/mol. The highest BCUT2D eigenvalue weighted by molar-refractivity contribution is 6.30. The molecule has 4 aromatic carbocycles. The summed E-state index contributed by atoms with van der Waals surface area (Å²) in [5, 5.41) is 8.61. The standard InChI is InChI=1S/C28H25ClN2/c29-24-16-17-26-25(18-24)27(23-14-8-3-9-15-23)31-28(30-26,19-21-10-4-1-5-11-21)20-22-12-6-2-7-13-22/h1-18,27,30-31H,19-20H2. The van der Waals surface area contributed by atoms with Gasteiger partial charge in [0.1, 0.15) is 0 Å². The minimum absolute atomic E-state index is 0.0450. The summed E-state index contributed by atoms with van der Waals surface area (Å²) in [7, 11) is 0. The van der Waals surface area contributed by atoms with E-state index in [4.69, 9.17) is 11.6 Å². The number of nitrogens with one attached hydrogen (secondary N) is 2. The first kappa shape index (κ1) is 19.9. The average Bonchev–Trinajstić information content (AvgIpc) is 2.81. The second-order valence-electron chi connectivity index (χ2n) is 8.25. The smallest absolute Gasteiger partial charge is 0.0971 e. The van der Waals surface area contributed by atoms with Crippen LogP contribution in [0.1, 0.15) is 28.3 Å². The molecule has 0 fully saturated rings. The lowest BCUT2D eigenvalue weighted by Crippen LogP contribution is -2.59. The summed E-state index contributed by atoms with van der Waals surface area (Å²) in [6, 6.07) is 38.2. The minimum Gasteiger partial charge on any atom is -0.366 e. The van der Waals surface area contributed by atoms with Gasteiger partial charge in [-0.1, -0.05) is 103 Å². The van der Waals surface area contributed by atoms with Gasteiger partial charge in [-0.25, -0.2) is 0 Å². The van der Waals surface area contributed by atoms with Gasteiger partial charge in [0.05, 0.1) is 11.7 Å². The van der Waals surface area contributed by atoms with Crippen LogP contribution in [0.15, 0.2) is 109 Å². The van der Waals surface area contributed by atoms with E-state index in [9.17, 15) is 0 Å². The molecule has 2 N–H and O–H groups in total. The molecule has 1 aliphatic heterocycles. The van der Waals surface area contributed by atoms with E-state index in [2.05, 4.69) is 114 Å². The Morgan fingerprint density at radius 2 is 1.23 bits per heavy atom. The molecule has 4 aromatic rings. The van der Waals surface area contributed by atoms with Crippen molar-refractivity contribution in [2.45, 2.75) is 24.5 Å². The van der Waals surface area contributed by atoms with Crippen molar-refractivity contribution in [1.29, 1.82) is 0 Å². The van der Waals surface area contributed by atoms with Gasteiger partial charge in [0.2, 0.25) is 0 Å². The number of rotatable bonds is 5. The first-order valence-corrected chi connectivity index (χ1v) is 11.1. The molecule has 0 aliphatic carbocycles. The molecule has 1 heterocycles. The summed E-state index contributed by atoms with van der Waals surface area (Å²) >= 11 is 6.40. The Labute approximate surface area is 188 Å². The topological polar surface area (TPSA) is 24.1 Å². The first-order chi connectivity index (χ1) is 15.2. The molecule has 1 unspecified atom stereocenters. The quantitative estimate of drug-likeness (QED) is 0.376. The van der Waals surface area contributed by atoms with Gasteiger partial charge in [-0.15, -0.1) is 0 Å². The van der Waals surface area contributed by atoms with E-state index in [-0.39, 0.29) is 11.7 Å². The van der Waals surface area contributed by atoms with E-state index >= 15 is 0 Å². The van der Waals surface area contributed by atoms with E-state index in [1.807, 2.05) is 6.07 Å². The summed E-state index contributed by atoms with van der Waals surface area (Å²) in [5.41, 5.74) is 5.78. The predicted octanol–water partition coefficient (Wildman–Crippen LogP) is 6.63. The lowest BCUT2D eigenvalue weighted by atomic mass is 9.85. The molecule has 0 aromatic heterocycles. The summed E-state index contributed by atoms with van der Waals surface area (Å²) in [6.45, 7) is 0. The Morgan fingerprint density at radius 3 is 1.81 bits per heavy atom. The largest absolute Gasteiger partial charge is 0.366 e. The lowest BCUT2D eigenvalue weighted by Gasteiger charge is -2.45. The van der Waals surface area contributed by atoms with Crippen molar-refractivity contribution >= 4 is 17.3 Å². The SMILES string of the molecule is Clc1ccc2c(c1)C(c1ccccc1)NC(Cc1ccccc1)(Cc1ccccc1)N2. The summed E-state index contributed by atoms with van der Waals surface area (Å²) in [5.74, 6) is 0. The fraction of sp³-hybridized carbons (Fsp3) is 0.143. The Balaban J connectivity index is 1.62. The third kappa shape index (κ3) is 4.36. The predicted molar refractivity (Wildman–Crippen MR) is 130 cm³/mol. The van der Waals surface area contributed by atoms with Crippen molar-refractivity contribution in [2.24, 2.45) is 0 Å². The lowest BCUT2D eigenvalue weighted by molar-refractivity contribution is 0.322. The number of fused-ring (bicyclic) bond motifs is 1. The zero-order valence-electron chi connectivity index (χ0n) is 17.3. The molecule has 31 heavy (non-hydrogen) atoms. The van der Waals surface area contributed by atoms with Gasteiger partial charge in [0.25, 0.3) is 0 Å². The fourth-order valence-corrected chi connectivity index (χ4v) is 4.76. The molecule has 0 amide bonds. The maximum absolute atomic E-state index is 6.40. The van der Waals surface area contributed by atoms with Gasteiger partial charge >= 0.3 is 0 Å². The monoisotopic (exact) mass is 424 g/mol. The molecule has 0 saturated heterocycles. The Kier molecular flexibility index (Phi) is 5.50. The van der Waals surface area contributed by atoms with Gasteiger partial charge in [0.15, 0.2) is 0 Å². The minimum atomic E-state index is -0.343. The van der Waals surface area contributed by atoms with E-state index < -0.39 is 0 Å². The number of anilines is 1. The summed E-state index contributed by atoms with van der Waals surface area (Å²) < 4.78 is 0. The van der Waals surface area contributed by atoms with E-state index in [0.29, 0.717) is 0 Å². The number of benzene rings is 4. The number of hydrogen-bond acceptors (Lipinski definition) is 2. The van der Waals surface area contributed by atoms with Gasteiger partial charge in [0, 0.05) is 23.6 Å². The van der Waals surface area contributed by atoms with Crippen LogP contribution in [0.5, 0.6) is 0 Å². The fourth-order valence-electron chi connectivity index (χ4n) is 4.58. The normalized spacial score (nSPS) is 16.9. The molecule has 0 radical (unpaired) electrons. The molecule has 5 rings (SSSR count). The van der Waals surface area contributed by atoms with Crippen molar-refractivity contribution in [2.75, 3.05) is 5.32 Å². The first-order valence-electron chi connectivity index (χ1n) is 10.7. The molecular formula is C28H25ClN2. The van der Waals surface area contributed by atoms with Crippen molar-refractivity contribution in [1.82, 2.24) is 5.32 Å². The van der Waals surface area contributed by atoms with E-state index in [1.165, 1.54) is 22.3 Å². The van der Waals surface area contributed by atoms with Crippen molar-refractivity contribution in [3.05, 3.63) is 136 Å². The highest BCUT2D eigenvalue weighted by atomic mass is 35.5. The maximum Gasteiger partial charge on any atom is 0.0971 e. The molecular weight excluding hydrogens is 400 g/mol. The van der Waals surface area contributed by atoms with Crippen LogP contribution < -0.4 is 10.6 Å². The molecule has 0 saturated carbocycles. The second kappa shape index (κ2) is 8.58. The Hall–Kier alpha value is -3.07. The maximum atomic E-state index is 6.40. The third-order valence-corrected chi connectivity index (χ3v) is 6.18. The van der Waals surface area contributed by atoms with Crippen LogP contribution in [0.2, 0.25) is 5.02 Å².